The number of aliphatic carboxylic acids is 2. The third kappa shape index (κ3) is 33.5. The fourth-order valence-corrected chi connectivity index (χ4v) is 0.309. The van der Waals surface area contributed by atoms with Gasteiger partial charge in [-0.3, -0.25) is 0 Å². The van der Waals surface area contributed by atoms with Crippen LogP contribution < -0.4 is 10.2 Å². The number of carbonyl (C=O) groups is 2. The summed E-state index contributed by atoms with van der Waals surface area (Å²) in [5.74, 6) is -2.55. The van der Waals surface area contributed by atoms with E-state index in [9.17, 15) is 19.8 Å². The molecule has 0 rings (SSSR count). The van der Waals surface area contributed by atoms with E-state index < -0.39 is 11.9 Å². The van der Waals surface area contributed by atoms with Gasteiger partial charge in [-0.1, -0.05) is 23.2 Å². The molecule has 0 N–H and O–H groups in total. The van der Waals surface area contributed by atoms with Crippen molar-refractivity contribution in [1.82, 2.24) is 0 Å². The molecular formula is C6H4CdCl2O4. The molecule has 0 atom stereocenters. The molecule has 0 unspecified atom stereocenters. The molecule has 0 aliphatic carbocycles. The third-order valence-corrected chi connectivity index (χ3v) is 0.650. The summed E-state index contributed by atoms with van der Waals surface area (Å²) < 4.78 is 0. The molecule has 0 spiro atoms. The van der Waals surface area contributed by atoms with Gasteiger partial charge >= 0.3 is 27.3 Å². The van der Waals surface area contributed by atoms with Crippen molar-refractivity contribution < 1.29 is 47.1 Å². The van der Waals surface area contributed by atoms with Crippen LogP contribution in [0.5, 0.6) is 0 Å². The maximum atomic E-state index is 9.32. The van der Waals surface area contributed by atoms with Crippen LogP contribution in [0.25, 0.3) is 0 Å². The number of carboxylic acids is 2. The van der Waals surface area contributed by atoms with E-state index in [0.717, 1.165) is 23.2 Å². The summed E-state index contributed by atoms with van der Waals surface area (Å²) in [6.45, 7) is 0. The first-order valence-electron chi connectivity index (χ1n) is 2.50. The molecule has 0 radical (unpaired) electrons. The van der Waals surface area contributed by atoms with Crippen LogP contribution in [-0.4, -0.2) is 11.9 Å². The zero-order valence-corrected chi connectivity index (χ0v) is 12.0. The summed E-state index contributed by atoms with van der Waals surface area (Å²) >= 11 is 9.59. The topological polar surface area (TPSA) is 80.3 Å². The Kier molecular flexibility index (Phi) is 20.7. The number of carbonyl (C=O) groups excluding carboxylic acids is 2. The molecule has 0 aliphatic heterocycles. The minimum absolute atomic E-state index is 0. The first-order chi connectivity index (χ1) is 5.54. The van der Waals surface area contributed by atoms with E-state index in [2.05, 4.69) is 0 Å². The Morgan fingerprint density at radius 2 is 1.15 bits per heavy atom. The van der Waals surface area contributed by atoms with E-state index in [4.69, 9.17) is 23.2 Å². The second-order valence-corrected chi connectivity index (χ2v) is 1.73. The van der Waals surface area contributed by atoms with Crippen LogP contribution in [0.3, 0.4) is 0 Å². The smallest absolute Gasteiger partial charge is 0.545 e. The predicted octanol–water partition coefficient (Wildman–Crippen LogP) is -1.02. The SMILES string of the molecule is O=C([O-])C=CCl.O=C([O-])C=CCl.[Cd+2]. The van der Waals surface area contributed by atoms with Gasteiger partial charge in [-0.2, -0.15) is 0 Å². The molecule has 4 nitrogen and oxygen atoms in total. The van der Waals surface area contributed by atoms with Gasteiger partial charge in [0.1, 0.15) is 0 Å². The second kappa shape index (κ2) is 14.4. The average molecular weight is 323 g/mol. The van der Waals surface area contributed by atoms with E-state index in [1.54, 1.807) is 0 Å². The van der Waals surface area contributed by atoms with Crippen LogP contribution in [0.4, 0.5) is 0 Å². The maximum Gasteiger partial charge on any atom is 2.00 e. The fourth-order valence-electron chi connectivity index (χ4n) is 0.103. The maximum absolute atomic E-state index is 9.32. The molecule has 0 aliphatic rings. The van der Waals surface area contributed by atoms with Gasteiger partial charge in [0, 0.05) is 11.1 Å². The van der Waals surface area contributed by atoms with Gasteiger partial charge in [0.2, 0.25) is 0 Å². The Morgan fingerprint density at radius 1 is 0.923 bits per heavy atom. The molecular weight excluding hydrogens is 319 g/mol. The zero-order chi connectivity index (χ0) is 9.98. The molecule has 0 bridgehead atoms. The minimum atomic E-state index is -1.27. The van der Waals surface area contributed by atoms with Gasteiger partial charge in [0.25, 0.3) is 0 Å². The Labute approximate surface area is 105 Å². The first-order valence-corrected chi connectivity index (χ1v) is 3.37. The predicted molar refractivity (Wildman–Crippen MR) is 40.0 cm³/mol. The molecule has 13 heavy (non-hydrogen) atoms. The normalized spacial score (nSPS) is 8.77. The molecule has 0 aromatic heterocycles. The van der Waals surface area contributed by atoms with Crippen LogP contribution in [0, 0.1) is 0 Å². The van der Waals surface area contributed by atoms with Crippen LogP contribution in [0.15, 0.2) is 23.2 Å². The van der Waals surface area contributed by atoms with Crippen LogP contribution in [-0.2, 0) is 36.9 Å². The quantitative estimate of drug-likeness (QED) is 0.481. The van der Waals surface area contributed by atoms with E-state index in [-0.39, 0.29) is 27.3 Å². The van der Waals surface area contributed by atoms with E-state index in [0.29, 0.717) is 0 Å². The monoisotopic (exact) mass is 324 g/mol. The molecule has 68 valence electrons. The minimum Gasteiger partial charge on any atom is -0.545 e. The van der Waals surface area contributed by atoms with Crippen molar-refractivity contribution in [2.45, 2.75) is 0 Å². The molecule has 7 heteroatoms. The molecule has 0 saturated heterocycles. The molecule has 0 aromatic carbocycles. The van der Waals surface area contributed by atoms with Crippen molar-refractivity contribution >= 4 is 35.1 Å². The van der Waals surface area contributed by atoms with Gasteiger partial charge in [0.15, 0.2) is 0 Å². The van der Waals surface area contributed by atoms with Gasteiger partial charge < -0.3 is 19.8 Å². The summed E-state index contributed by atoms with van der Waals surface area (Å²) in [6.07, 6.45) is 1.48. The first kappa shape index (κ1) is 18.7. The number of halogens is 2. The molecule has 0 amide bonds. The summed E-state index contributed by atoms with van der Waals surface area (Å²) in [5, 5.41) is 18.6. The van der Waals surface area contributed by atoms with Crippen molar-refractivity contribution in [2.75, 3.05) is 0 Å². The summed E-state index contributed by atoms with van der Waals surface area (Å²) in [5.41, 5.74) is 1.77. The van der Waals surface area contributed by atoms with E-state index in [1.165, 1.54) is 0 Å². The van der Waals surface area contributed by atoms with Crippen LogP contribution in [0.1, 0.15) is 0 Å². The largest absolute Gasteiger partial charge is 2.00 e. The van der Waals surface area contributed by atoms with Crippen molar-refractivity contribution in [3.05, 3.63) is 23.2 Å². The number of rotatable bonds is 2. The average Bonchev–Trinajstić information content (AvgIpc) is 1.87. The second-order valence-electron chi connectivity index (χ2n) is 1.22. The summed E-state index contributed by atoms with van der Waals surface area (Å²) in [6, 6.07) is 0. The van der Waals surface area contributed by atoms with Crippen molar-refractivity contribution in [3.8, 4) is 0 Å². The van der Waals surface area contributed by atoms with Gasteiger partial charge in [0.05, 0.1) is 11.9 Å². The van der Waals surface area contributed by atoms with Gasteiger partial charge in [-0.05, 0) is 12.2 Å². The van der Waals surface area contributed by atoms with Crippen LogP contribution in [0.2, 0.25) is 0 Å². The molecule has 0 heterocycles. The van der Waals surface area contributed by atoms with Crippen LogP contribution >= 0.6 is 23.2 Å². The fraction of sp³-hybridized carbons (Fsp3) is 0. The number of hydrogen-bond acceptors (Lipinski definition) is 4. The van der Waals surface area contributed by atoms with E-state index in [1.807, 2.05) is 0 Å². The Hall–Kier alpha value is -0.0779. The van der Waals surface area contributed by atoms with Gasteiger partial charge in [-0.25, -0.2) is 0 Å². The summed E-state index contributed by atoms with van der Waals surface area (Å²) in [7, 11) is 0. The number of carboxylic acid groups (broad SMARTS) is 2. The zero-order valence-electron chi connectivity index (χ0n) is 6.41. The Bertz CT molecular complexity index is 181. The van der Waals surface area contributed by atoms with Crippen molar-refractivity contribution in [1.29, 1.82) is 0 Å². The van der Waals surface area contributed by atoms with Gasteiger partial charge in [-0.15, -0.1) is 0 Å². The standard InChI is InChI=1S/2C3H3ClO2.Cd/c2*4-2-1-3(5)6;/h2*1-2H,(H,5,6);/q;;+2/p-2. The molecule has 0 aromatic rings. The molecule has 0 saturated carbocycles. The van der Waals surface area contributed by atoms with Crippen molar-refractivity contribution in [2.24, 2.45) is 0 Å². The molecule has 0 fully saturated rings. The Balaban J connectivity index is -0.000000143. The number of hydrogen-bond donors (Lipinski definition) is 0. The Morgan fingerprint density at radius 3 is 1.15 bits per heavy atom. The third-order valence-electron chi connectivity index (χ3n) is 0.398. The summed E-state index contributed by atoms with van der Waals surface area (Å²) in [4.78, 5) is 18.6. The van der Waals surface area contributed by atoms with Crippen molar-refractivity contribution in [3.63, 3.8) is 0 Å². The van der Waals surface area contributed by atoms with E-state index >= 15 is 0 Å².